The lowest BCUT2D eigenvalue weighted by Crippen LogP contribution is -2.34. The van der Waals surface area contributed by atoms with Gasteiger partial charge in [-0.2, -0.15) is 13.2 Å². The van der Waals surface area contributed by atoms with Crippen LogP contribution in [0.3, 0.4) is 0 Å². The van der Waals surface area contributed by atoms with E-state index in [0.717, 1.165) is 31.5 Å². The average molecular weight is 590 g/mol. The molecule has 0 aliphatic heterocycles. The van der Waals surface area contributed by atoms with E-state index in [2.05, 4.69) is 4.98 Å². The van der Waals surface area contributed by atoms with Crippen molar-refractivity contribution in [3.05, 3.63) is 86.1 Å². The van der Waals surface area contributed by atoms with E-state index in [9.17, 15) is 31.2 Å². The van der Waals surface area contributed by atoms with E-state index in [1.807, 2.05) is 0 Å². The van der Waals surface area contributed by atoms with Crippen molar-refractivity contribution in [2.75, 3.05) is 18.1 Å². The van der Waals surface area contributed by atoms with Gasteiger partial charge in [-0.25, -0.2) is 22.5 Å². The number of fused-ring (bicyclic) bond motifs is 1. The van der Waals surface area contributed by atoms with Crippen LogP contribution in [0.1, 0.15) is 21.6 Å². The molecule has 200 valence electrons. The average Bonchev–Trinajstić information content (AvgIpc) is 3.14. The molecule has 0 unspecified atom stereocenters. The Morgan fingerprint density at radius 2 is 1.89 bits per heavy atom. The summed E-state index contributed by atoms with van der Waals surface area (Å²) >= 11 is 11.7. The number of aromatic nitrogens is 2. The van der Waals surface area contributed by atoms with E-state index >= 15 is 0 Å². The third kappa shape index (κ3) is 4.89. The SMILES string of the molecule is COCN(c1cc(Cl)cnc1C(=O)c1cccc2c1oc(=O)n2C)S(=O)(=O)c1ccc(Cl)c(C(F)(F)F)c1. The maximum Gasteiger partial charge on any atom is 0.419 e. The van der Waals surface area contributed by atoms with Crippen molar-refractivity contribution < 1.29 is 35.5 Å². The first kappa shape index (κ1) is 27.6. The topological polar surface area (TPSA) is 112 Å². The maximum atomic E-state index is 13.6. The summed E-state index contributed by atoms with van der Waals surface area (Å²) in [7, 11) is -2.22. The van der Waals surface area contributed by atoms with E-state index in [0.29, 0.717) is 15.9 Å². The molecule has 0 fully saturated rings. The Hall–Kier alpha value is -3.39. The molecule has 4 aromatic rings. The van der Waals surface area contributed by atoms with Crippen molar-refractivity contribution in [3.8, 4) is 0 Å². The summed E-state index contributed by atoms with van der Waals surface area (Å²) in [6.07, 6.45) is -3.85. The number of para-hydroxylation sites is 1. The predicted molar refractivity (Wildman–Crippen MR) is 132 cm³/mol. The second kappa shape index (κ2) is 10.1. The van der Waals surface area contributed by atoms with Gasteiger partial charge in [-0.05, 0) is 36.4 Å². The monoisotopic (exact) mass is 589 g/mol. The lowest BCUT2D eigenvalue weighted by Gasteiger charge is -2.25. The van der Waals surface area contributed by atoms with Crippen molar-refractivity contribution in [1.82, 2.24) is 9.55 Å². The van der Waals surface area contributed by atoms with Gasteiger partial charge < -0.3 is 9.15 Å². The maximum absolute atomic E-state index is 13.6. The number of pyridine rings is 1. The molecule has 0 spiro atoms. The number of hydrogen-bond donors (Lipinski definition) is 0. The molecule has 38 heavy (non-hydrogen) atoms. The molecule has 4 rings (SSSR count). The molecule has 0 aliphatic rings. The number of ether oxygens (including phenoxy) is 1. The minimum absolute atomic E-state index is 0.0682. The molecule has 15 heteroatoms. The summed E-state index contributed by atoms with van der Waals surface area (Å²) < 4.78 is 79.4. The number of benzene rings is 2. The molecule has 2 aromatic carbocycles. The molecule has 0 atom stereocenters. The summed E-state index contributed by atoms with van der Waals surface area (Å²) in [5.74, 6) is -1.59. The molecular weight excluding hydrogens is 574 g/mol. The standard InChI is InChI=1S/C23H16Cl2F3N3O6S/c1-30-17-5-3-4-14(21(17)37-22(30)33)20(32)19-18(8-12(24)10-29-19)31(11-36-2)38(34,35)13-6-7-16(25)15(9-13)23(26,27)28/h3-10H,11H2,1-2H3. The van der Waals surface area contributed by atoms with Gasteiger partial charge in [-0.3, -0.25) is 9.36 Å². The minimum atomic E-state index is -4.94. The molecule has 2 aromatic heterocycles. The number of methoxy groups -OCH3 is 1. The lowest BCUT2D eigenvalue weighted by molar-refractivity contribution is -0.137. The smallest absolute Gasteiger partial charge is 0.407 e. The number of carbonyl (C=O) groups is 1. The molecule has 0 saturated heterocycles. The Kier molecular flexibility index (Phi) is 7.32. The van der Waals surface area contributed by atoms with Gasteiger partial charge in [0.25, 0.3) is 10.0 Å². The predicted octanol–water partition coefficient (Wildman–Crippen LogP) is 4.88. The number of hydrogen-bond acceptors (Lipinski definition) is 7. The van der Waals surface area contributed by atoms with Crippen LogP contribution < -0.4 is 10.1 Å². The fraction of sp³-hybridized carbons (Fsp3) is 0.174. The van der Waals surface area contributed by atoms with Gasteiger partial charge in [-0.15, -0.1) is 0 Å². The molecule has 0 amide bonds. The van der Waals surface area contributed by atoms with Crippen LogP contribution in [0.5, 0.6) is 0 Å². The van der Waals surface area contributed by atoms with Crippen molar-refractivity contribution in [2.45, 2.75) is 11.1 Å². The fourth-order valence-electron chi connectivity index (χ4n) is 3.65. The number of sulfonamides is 1. The Morgan fingerprint density at radius 1 is 1.18 bits per heavy atom. The van der Waals surface area contributed by atoms with Crippen LogP contribution >= 0.6 is 23.2 Å². The van der Waals surface area contributed by atoms with Crippen LogP contribution in [0.4, 0.5) is 18.9 Å². The fourth-order valence-corrected chi connectivity index (χ4v) is 5.43. The van der Waals surface area contributed by atoms with Gasteiger partial charge in [0.2, 0.25) is 5.78 Å². The molecule has 2 heterocycles. The second-order valence-electron chi connectivity index (χ2n) is 7.84. The van der Waals surface area contributed by atoms with E-state index in [1.165, 1.54) is 29.8 Å². The van der Waals surface area contributed by atoms with Gasteiger partial charge >= 0.3 is 11.9 Å². The molecule has 0 bridgehead atoms. The van der Waals surface area contributed by atoms with Crippen LogP contribution in [-0.4, -0.2) is 37.6 Å². The second-order valence-corrected chi connectivity index (χ2v) is 10.5. The summed E-state index contributed by atoms with van der Waals surface area (Å²) in [5.41, 5.74) is -2.09. The minimum Gasteiger partial charge on any atom is -0.407 e. The van der Waals surface area contributed by atoms with E-state index < -0.39 is 55.6 Å². The van der Waals surface area contributed by atoms with Crippen molar-refractivity contribution in [3.63, 3.8) is 0 Å². The van der Waals surface area contributed by atoms with Crippen LogP contribution in [0.15, 0.2) is 62.8 Å². The third-order valence-electron chi connectivity index (χ3n) is 5.46. The zero-order valence-electron chi connectivity index (χ0n) is 19.4. The first-order valence-corrected chi connectivity index (χ1v) is 12.6. The molecule has 0 N–H and O–H groups in total. The summed E-state index contributed by atoms with van der Waals surface area (Å²) in [6.45, 7) is -0.723. The Balaban J connectivity index is 1.92. The van der Waals surface area contributed by atoms with Crippen LogP contribution in [-0.2, 0) is 28.0 Å². The number of halogens is 5. The van der Waals surface area contributed by atoms with E-state index in [-0.39, 0.29) is 21.9 Å². The number of aryl methyl sites for hydroxylation is 1. The Morgan fingerprint density at radius 3 is 2.55 bits per heavy atom. The number of carbonyl (C=O) groups excluding carboxylic acids is 1. The number of ketones is 1. The zero-order chi connectivity index (χ0) is 28.0. The van der Waals surface area contributed by atoms with Gasteiger partial charge in [0, 0.05) is 20.4 Å². The van der Waals surface area contributed by atoms with Crippen molar-refractivity contribution in [1.29, 1.82) is 0 Å². The van der Waals surface area contributed by atoms with Gasteiger partial charge in [0.15, 0.2) is 5.58 Å². The number of rotatable bonds is 7. The van der Waals surface area contributed by atoms with Crippen LogP contribution in [0, 0.1) is 0 Å². The van der Waals surface area contributed by atoms with Gasteiger partial charge in [0.05, 0.1) is 37.3 Å². The molecule has 0 radical (unpaired) electrons. The summed E-state index contributed by atoms with van der Waals surface area (Å²) in [5, 5.41) is -0.781. The quantitative estimate of drug-likeness (QED) is 0.223. The Bertz CT molecular complexity index is 1730. The van der Waals surface area contributed by atoms with Gasteiger partial charge in [0.1, 0.15) is 12.4 Å². The highest BCUT2D eigenvalue weighted by Gasteiger charge is 2.37. The highest BCUT2D eigenvalue weighted by atomic mass is 35.5. The number of nitrogens with zero attached hydrogens (tertiary/aromatic N) is 3. The normalized spacial score (nSPS) is 12.2. The number of oxazole rings is 1. The molecule has 0 aliphatic carbocycles. The largest absolute Gasteiger partial charge is 0.419 e. The van der Waals surface area contributed by atoms with Crippen molar-refractivity contribution >= 4 is 55.8 Å². The van der Waals surface area contributed by atoms with Crippen LogP contribution in [0.25, 0.3) is 11.1 Å². The highest BCUT2D eigenvalue weighted by Crippen LogP contribution is 2.38. The highest BCUT2D eigenvalue weighted by molar-refractivity contribution is 7.92. The van der Waals surface area contributed by atoms with Crippen LogP contribution in [0.2, 0.25) is 10.0 Å². The lowest BCUT2D eigenvalue weighted by atomic mass is 10.1. The first-order valence-electron chi connectivity index (χ1n) is 10.4. The summed E-state index contributed by atoms with van der Waals surface area (Å²) in [6, 6.07) is 7.51. The van der Waals surface area contributed by atoms with Gasteiger partial charge in [-0.1, -0.05) is 29.3 Å². The zero-order valence-corrected chi connectivity index (χ0v) is 21.7. The molecule has 9 nitrogen and oxygen atoms in total. The van der Waals surface area contributed by atoms with Crippen molar-refractivity contribution in [2.24, 2.45) is 7.05 Å². The van der Waals surface area contributed by atoms with E-state index in [4.69, 9.17) is 32.4 Å². The summed E-state index contributed by atoms with van der Waals surface area (Å²) in [4.78, 5) is 28.9. The number of anilines is 1. The number of alkyl halides is 3. The molecular formula is C23H16Cl2F3N3O6S. The first-order chi connectivity index (χ1) is 17.8. The van der Waals surface area contributed by atoms with E-state index in [1.54, 1.807) is 0 Å². The Labute approximate surface area is 223 Å². The molecule has 0 saturated carbocycles. The third-order valence-corrected chi connectivity index (χ3v) is 7.73.